The van der Waals surface area contributed by atoms with Crippen LogP contribution in [0.2, 0.25) is 0 Å². The standard InChI is InChI=1S/C12H22N2O5S/c1-9-5-10(2)7-13(6-9)20(17,18)14-3-4-19-8-11(14)12(15)16/h9-11H,3-8H2,1-2H3,(H,15,16). The molecule has 0 aliphatic carbocycles. The summed E-state index contributed by atoms with van der Waals surface area (Å²) in [5.74, 6) is -0.581. The molecule has 2 fully saturated rings. The van der Waals surface area contributed by atoms with Gasteiger partial charge in [-0.2, -0.15) is 17.0 Å². The summed E-state index contributed by atoms with van der Waals surface area (Å²) in [5, 5.41) is 9.17. The van der Waals surface area contributed by atoms with Gasteiger partial charge in [0.2, 0.25) is 0 Å². The van der Waals surface area contributed by atoms with E-state index in [1.807, 2.05) is 13.8 Å². The SMILES string of the molecule is CC1CC(C)CN(S(=O)(=O)N2CCOCC2C(=O)O)C1. The maximum absolute atomic E-state index is 12.7. The van der Waals surface area contributed by atoms with E-state index in [9.17, 15) is 13.2 Å². The van der Waals surface area contributed by atoms with E-state index in [4.69, 9.17) is 9.84 Å². The predicted molar refractivity (Wildman–Crippen MR) is 72.4 cm³/mol. The summed E-state index contributed by atoms with van der Waals surface area (Å²) in [6.07, 6.45) is 0.998. The summed E-state index contributed by atoms with van der Waals surface area (Å²) in [6, 6.07) is -1.12. The highest BCUT2D eigenvalue weighted by atomic mass is 32.2. The lowest BCUT2D eigenvalue weighted by Gasteiger charge is -2.40. The maximum Gasteiger partial charge on any atom is 0.324 e. The number of hydrogen-bond acceptors (Lipinski definition) is 4. The molecule has 8 heteroatoms. The Kier molecular flexibility index (Phi) is 4.68. The fourth-order valence-corrected chi connectivity index (χ4v) is 4.96. The van der Waals surface area contributed by atoms with Crippen LogP contribution < -0.4 is 0 Å². The van der Waals surface area contributed by atoms with Crippen molar-refractivity contribution in [2.75, 3.05) is 32.8 Å². The average Bonchev–Trinajstić information content (AvgIpc) is 2.37. The molecule has 0 saturated carbocycles. The lowest BCUT2D eigenvalue weighted by atomic mass is 9.94. The van der Waals surface area contributed by atoms with Gasteiger partial charge in [0.1, 0.15) is 6.04 Å². The average molecular weight is 306 g/mol. The summed E-state index contributed by atoms with van der Waals surface area (Å²) in [4.78, 5) is 11.2. The molecule has 1 N–H and O–H groups in total. The highest BCUT2D eigenvalue weighted by molar-refractivity contribution is 7.86. The fourth-order valence-electron chi connectivity index (χ4n) is 3.00. The second-order valence-corrected chi connectivity index (χ2v) is 7.69. The summed E-state index contributed by atoms with van der Waals surface area (Å²) in [7, 11) is -3.74. The second-order valence-electron chi connectivity index (χ2n) is 5.81. The van der Waals surface area contributed by atoms with Crippen molar-refractivity contribution in [3.63, 3.8) is 0 Å². The van der Waals surface area contributed by atoms with Crippen LogP contribution >= 0.6 is 0 Å². The largest absolute Gasteiger partial charge is 0.480 e. The Bertz CT molecular complexity index is 456. The van der Waals surface area contributed by atoms with Gasteiger partial charge in [-0.05, 0) is 18.3 Å². The highest BCUT2D eigenvalue weighted by Crippen LogP contribution is 2.26. The van der Waals surface area contributed by atoms with Gasteiger partial charge in [0, 0.05) is 19.6 Å². The van der Waals surface area contributed by atoms with Crippen molar-refractivity contribution in [1.29, 1.82) is 0 Å². The zero-order valence-electron chi connectivity index (χ0n) is 11.9. The van der Waals surface area contributed by atoms with Crippen molar-refractivity contribution in [1.82, 2.24) is 8.61 Å². The van der Waals surface area contributed by atoms with Gasteiger partial charge in [-0.1, -0.05) is 13.8 Å². The number of carbonyl (C=O) groups is 1. The molecule has 0 aromatic carbocycles. The topological polar surface area (TPSA) is 87.2 Å². The van der Waals surface area contributed by atoms with E-state index in [1.54, 1.807) is 0 Å². The molecule has 20 heavy (non-hydrogen) atoms. The molecule has 0 spiro atoms. The minimum absolute atomic E-state index is 0.0898. The van der Waals surface area contributed by atoms with Gasteiger partial charge in [-0.15, -0.1) is 0 Å². The van der Waals surface area contributed by atoms with Crippen LogP contribution in [-0.2, 0) is 19.7 Å². The van der Waals surface area contributed by atoms with Crippen LogP contribution in [0.3, 0.4) is 0 Å². The zero-order valence-corrected chi connectivity index (χ0v) is 12.7. The minimum Gasteiger partial charge on any atom is -0.480 e. The van der Waals surface area contributed by atoms with Gasteiger partial charge in [0.25, 0.3) is 10.2 Å². The first-order valence-corrected chi connectivity index (χ1v) is 8.29. The number of carboxylic acid groups (broad SMARTS) is 1. The molecule has 2 aliphatic rings. The van der Waals surface area contributed by atoms with E-state index < -0.39 is 22.2 Å². The lowest BCUT2D eigenvalue weighted by molar-refractivity contribution is -0.146. The number of aliphatic carboxylic acids is 1. The highest BCUT2D eigenvalue weighted by Gasteiger charge is 2.42. The van der Waals surface area contributed by atoms with Gasteiger partial charge >= 0.3 is 5.97 Å². The second kappa shape index (κ2) is 5.97. The molecule has 2 saturated heterocycles. The van der Waals surface area contributed by atoms with Crippen molar-refractivity contribution in [3.05, 3.63) is 0 Å². The molecule has 116 valence electrons. The molecule has 7 nitrogen and oxygen atoms in total. The molecule has 3 unspecified atom stereocenters. The molecule has 2 rings (SSSR count). The zero-order chi connectivity index (χ0) is 14.9. The third kappa shape index (κ3) is 3.13. The molecule has 3 atom stereocenters. The van der Waals surface area contributed by atoms with Crippen LogP contribution in [0, 0.1) is 11.8 Å². The quantitative estimate of drug-likeness (QED) is 0.793. The van der Waals surface area contributed by atoms with Crippen molar-refractivity contribution in [3.8, 4) is 0 Å². The Hall–Kier alpha value is -0.700. The molecule has 0 bridgehead atoms. The lowest BCUT2D eigenvalue weighted by Crippen LogP contribution is -2.58. The number of nitrogens with zero attached hydrogens (tertiary/aromatic N) is 2. The third-order valence-corrected chi connectivity index (χ3v) is 5.80. The third-order valence-electron chi connectivity index (χ3n) is 3.82. The van der Waals surface area contributed by atoms with Crippen LogP contribution in [0.5, 0.6) is 0 Å². The van der Waals surface area contributed by atoms with Crippen LogP contribution in [0.15, 0.2) is 0 Å². The van der Waals surface area contributed by atoms with Gasteiger partial charge in [0.15, 0.2) is 0 Å². The van der Waals surface area contributed by atoms with Gasteiger partial charge in [-0.25, -0.2) is 0 Å². The summed E-state index contributed by atoms with van der Waals surface area (Å²) >= 11 is 0. The molecule has 2 heterocycles. The Labute approximate surface area is 119 Å². The van der Waals surface area contributed by atoms with Crippen LogP contribution in [-0.4, -0.2) is 67.0 Å². The Balaban J connectivity index is 2.21. The maximum atomic E-state index is 12.7. The number of piperidine rings is 1. The molecule has 0 amide bonds. The fraction of sp³-hybridized carbons (Fsp3) is 0.917. The van der Waals surface area contributed by atoms with E-state index in [0.29, 0.717) is 13.1 Å². The number of rotatable bonds is 3. The van der Waals surface area contributed by atoms with E-state index in [1.165, 1.54) is 4.31 Å². The smallest absolute Gasteiger partial charge is 0.324 e. The van der Waals surface area contributed by atoms with Crippen LogP contribution in [0.25, 0.3) is 0 Å². The molecule has 0 radical (unpaired) electrons. The predicted octanol–water partition coefficient (Wildman–Crippen LogP) is -0.00550. The number of ether oxygens (including phenoxy) is 1. The molecule has 2 aliphatic heterocycles. The van der Waals surface area contributed by atoms with Crippen molar-refractivity contribution in [2.45, 2.75) is 26.3 Å². The van der Waals surface area contributed by atoms with Gasteiger partial charge in [-0.3, -0.25) is 4.79 Å². The summed E-state index contributed by atoms with van der Waals surface area (Å²) < 4.78 is 32.9. The molecule has 0 aromatic rings. The monoisotopic (exact) mass is 306 g/mol. The van der Waals surface area contributed by atoms with E-state index in [2.05, 4.69) is 0 Å². The molecular weight excluding hydrogens is 284 g/mol. The number of morpholine rings is 1. The van der Waals surface area contributed by atoms with Crippen LogP contribution in [0.1, 0.15) is 20.3 Å². The Morgan fingerprint density at radius 3 is 2.40 bits per heavy atom. The first-order valence-electron chi connectivity index (χ1n) is 6.90. The number of carboxylic acids is 1. The minimum atomic E-state index is -3.74. The Morgan fingerprint density at radius 2 is 1.85 bits per heavy atom. The van der Waals surface area contributed by atoms with E-state index in [-0.39, 0.29) is 31.6 Å². The van der Waals surface area contributed by atoms with Gasteiger partial charge in [0.05, 0.1) is 13.2 Å². The molecular formula is C12H22N2O5S. The Morgan fingerprint density at radius 1 is 1.25 bits per heavy atom. The number of hydrogen-bond donors (Lipinski definition) is 1. The van der Waals surface area contributed by atoms with Crippen molar-refractivity contribution >= 4 is 16.2 Å². The van der Waals surface area contributed by atoms with E-state index >= 15 is 0 Å². The van der Waals surface area contributed by atoms with Crippen molar-refractivity contribution < 1.29 is 23.1 Å². The first kappa shape index (κ1) is 15.7. The first-order chi connectivity index (χ1) is 9.32. The van der Waals surface area contributed by atoms with Gasteiger partial charge < -0.3 is 9.84 Å². The van der Waals surface area contributed by atoms with E-state index in [0.717, 1.165) is 10.7 Å². The molecule has 0 aromatic heterocycles. The van der Waals surface area contributed by atoms with Crippen LogP contribution in [0.4, 0.5) is 0 Å². The summed E-state index contributed by atoms with van der Waals surface area (Å²) in [6.45, 7) is 5.19. The normalized spacial score (nSPS) is 34.0. The van der Waals surface area contributed by atoms with Crippen molar-refractivity contribution in [2.24, 2.45) is 11.8 Å². The summed E-state index contributed by atoms with van der Waals surface area (Å²) in [5.41, 5.74) is 0.